The molecule has 0 spiro atoms. The lowest BCUT2D eigenvalue weighted by Crippen LogP contribution is -2.40. The number of rotatable bonds is 8. The topological polar surface area (TPSA) is 128 Å². The van der Waals surface area contributed by atoms with Gasteiger partial charge in [-0.1, -0.05) is 0 Å². The molecule has 2 fully saturated rings. The molecule has 3 heterocycles. The fourth-order valence-electron chi connectivity index (χ4n) is 3.73. The highest BCUT2D eigenvalue weighted by Crippen LogP contribution is 2.31. The molecule has 36 heavy (non-hydrogen) atoms. The molecule has 4 rings (SSSR count). The maximum absolute atomic E-state index is 13.2. The van der Waals surface area contributed by atoms with Gasteiger partial charge >= 0.3 is 5.97 Å². The molecule has 0 aliphatic carbocycles. The molecule has 13 heteroatoms. The van der Waals surface area contributed by atoms with E-state index in [9.17, 15) is 18.0 Å². The second-order valence-electron chi connectivity index (χ2n) is 7.93. The van der Waals surface area contributed by atoms with Gasteiger partial charge in [-0.05, 0) is 59.0 Å². The largest absolute Gasteiger partial charge is 0.452 e. The Hall–Kier alpha value is -2.46. The summed E-state index contributed by atoms with van der Waals surface area (Å²) in [6, 6.07) is 8.09. The van der Waals surface area contributed by atoms with Crippen LogP contribution in [0, 0.1) is 3.77 Å². The Balaban J connectivity index is 1.47. The first kappa shape index (κ1) is 26.6. The number of furan rings is 1. The lowest BCUT2D eigenvalue weighted by molar-refractivity contribution is -0.142. The Morgan fingerprint density at radius 1 is 1.03 bits per heavy atom. The Labute approximate surface area is 222 Å². The molecule has 1 amide bonds. The smallest absolute Gasteiger partial charge is 0.331 e. The van der Waals surface area contributed by atoms with Crippen LogP contribution in [0.4, 0.5) is 11.4 Å². The number of hydrogen-bond donors (Lipinski definition) is 1. The zero-order valence-electron chi connectivity index (χ0n) is 19.4. The number of benzene rings is 1. The minimum Gasteiger partial charge on any atom is -0.452 e. The monoisotopic (exact) mass is 631 g/mol. The average Bonchev–Trinajstić information content (AvgIpc) is 3.32. The Bertz CT molecular complexity index is 1220. The first-order chi connectivity index (χ1) is 17.3. The van der Waals surface area contributed by atoms with Gasteiger partial charge < -0.3 is 28.8 Å². The van der Waals surface area contributed by atoms with E-state index >= 15 is 0 Å². The quantitative estimate of drug-likeness (QED) is 0.264. The van der Waals surface area contributed by atoms with Gasteiger partial charge in [-0.15, -0.1) is 0 Å². The highest BCUT2D eigenvalue weighted by molar-refractivity contribution is 14.1. The summed E-state index contributed by atoms with van der Waals surface area (Å²) < 4.78 is 49.4. The lowest BCUT2D eigenvalue weighted by Gasteiger charge is -2.31. The summed E-state index contributed by atoms with van der Waals surface area (Å²) in [7, 11) is -3.77. The van der Waals surface area contributed by atoms with Crippen LogP contribution in [0.25, 0.3) is 6.08 Å². The van der Waals surface area contributed by atoms with E-state index in [1.54, 1.807) is 18.2 Å². The van der Waals surface area contributed by atoms with Crippen molar-refractivity contribution in [3.8, 4) is 0 Å². The third kappa shape index (κ3) is 6.85. The molecular formula is C23H26IN3O8S. The van der Waals surface area contributed by atoms with Gasteiger partial charge in [0.05, 0.1) is 42.7 Å². The average molecular weight is 631 g/mol. The van der Waals surface area contributed by atoms with Gasteiger partial charge in [0.2, 0.25) is 10.0 Å². The number of nitrogens with zero attached hydrogens (tertiary/aromatic N) is 2. The predicted octanol–water partition coefficient (Wildman–Crippen LogP) is 1.94. The van der Waals surface area contributed by atoms with Crippen molar-refractivity contribution in [1.82, 2.24) is 4.31 Å². The van der Waals surface area contributed by atoms with Crippen molar-refractivity contribution < 1.29 is 36.6 Å². The van der Waals surface area contributed by atoms with Gasteiger partial charge in [-0.25, -0.2) is 13.2 Å². The summed E-state index contributed by atoms with van der Waals surface area (Å²) in [5.41, 5.74) is 0.971. The standard InChI is InChI=1S/C23H26IN3O8S/c24-21-5-1-17(35-21)2-6-23(29)34-16-22(28)25-19-15-18(36(30,31)27-9-13-33-14-10-27)3-4-20(19)26-7-11-32-12-8-26/h1-6,15H,7-14,16H2,(H,25,28). The number of hydrogen-bond acceptors (Lipinski definition) is 9. The third-order valence-electron chi connectivity index (χ3n) is 5.52. The molecule has 2 aliphatic heterocycles. The molecule has 0 radical (unpaired) electrons. The van der Waals surface area contributed by atoms with Crippen LogP contribution in [0.3, 0.4) is 0 Å². The van der Waals surface area contributed by atoms with Crippen molar-refractivity contribution in [3.05, 3.63) is 45.9 Å². The van der Waals surface area contributed by atoms with E-state index in [1.807, 2.05) is 27.5 Å². The molecule has 1 N–H and O–H groups in total. The Morgan fingerprint density at radius 3 is 2.39 bits per heavy atom. The summed E-state index contributed by atoms with van der Waals surface area (Å²) in [4.78, 5) is 26.7. The van der Waals surface area contributed by atoms with Crippen molar-refractivity contribution in [1.29, 1.82) is 0 Å². The highest BCUT2D eigenvalue weighted by Gasteiger charge is 2.28. The van der Waals surface area contributed by atoms with Crippen molar-refractivity contribution in [2.24, 2.45) is 0 Å². The van der Waals surface area contributed by atoms with Crippen molar-refractivity contribution in [2.75, 3.05) is 69.4 Å². The number of morpholine rings is 2. The number of ether oxygens (including phenoxy) is 3. The Morgan fingerprint density at radius 2 is 1.72 bits per heavy atom. The van der Waals surface area contributed by atoms with E-state index in [1.165, 1.54) is 22.5 Å². The van der Waals surface area contributed by atoms with Crippen LogP contribution in [0.1, 0.15) is 5.76 Å². The van der Waals surface area contributed by atoms with E-state index in [-0.39, 0.29) is 18.0 Å². The first-order valence-corrected chi connectivity index (χ1v) is 13.8. The fourth-order valence-corrected chi connectivity index (χ4v) is 5.60. The molecule has 0 unspecified atom stereocenters. The van der Waals surface area contributed by atoms with Crippen LogP contribution in [0.5, 0.6) is 0 Å². The van der Waals surface area contributed by atoms with E-state index in [4.69, 9.17) is 18.6 Å². The zero-order valence-corrected chi connectivity index (χ0v) is 22.3. The molecule has 2 aromatic rings. The van der Waals surface area contributed by atoms with Crippen LogP contribution in [-0.4, -0.2) is 83.8 Å². The normalized spacial score (nSPS) is 17.3. The summed E-state index contributed by atoms with van der Waals surface area (Å²) in [5, 5.41) is 2.71. The lowest BCUT2D eigenvalue weighted by atomic mass is 10.2. The number of anilines is 2. The van der Waals surface area contributed by atoms with Crippen LogP contribution in [0.2, 0.25) is 0 Å². The second-order valence-corrected chi connectivity index (χ2v) is 10.9. The van der Waals surface area contributed by atoms with Gasteiger partial charge in [0.1, 0.15) is 5.76 Å². The maximum Gasteiger partial charge on any atom is 0.331 e. The molecule has 1 aromatic carbocycles. The fraction of sp³-hybridized carbons (Fsp3) is 0.391. The molecule has 0 saturated carbocycles. The van der Waals surface area contributed by atoms with Crippen LogP contribution < -0.4 is 10.2 Å². The summed E-state index contributed by atoms with van der Waals surface area (Å²) in [5.74, 6) is -0.831. The number of nitrogens with one attached hydrogen (secondary N) is 1. The zero-order chi connectivity index (χ0) is 25.5. The number of carbonyl (C=O) groups is 2. The van der Waals surface area contributed by atoms with Gasteiger partial charge in [0, 0.05) is 32.3 Å². The van der Waals surface area contributed by atoms with Crippen LogP contribution in [0.15, 0.2) is 45.7 Å². The molecule has 0 atom stereocenters. The number of amides is 1. The second kappa shape index (κ2) is 12.2. The number of esters is 1. The number of carbonyl (C=O) groups excluding carboxylic acids is 2. The highest BCUT2D eigenvalue weighted by atomic mass is 127. The van der Waals surface area contributed by atoms with Gasteiger partial charge in [-0.2, -0.15) is 4.31 Å². The summed E-state index contributed by atoms with van der Waals surface area (Å²) in [6.45, 7) is 2.84. The third-order valence-corrected chi connectivity index (χ3v) is 8.00. The molecule has 194 valence electrons. The van der Waals surface area contributed by atoms with Gasteiger partial charge in [0.25, 0.3) is 5.91 Å². The first-order valence-electron chi connectivity index (χ1n) is 11.3. The van der Waals surface area contributed by atoms with E-state index < -0.39 is 28.5 Å². The maximum atomic E-state index is 13.2. The molecule has 2 aliphatic rings. The molecule has 1 aromatic heterocycles. The Kier molecular flexibility index (Phi) is 9.00. The van der Waals surface area contributed by atoms with Crippen LogP contribution >= 0.6 is 22.6 Å². The van der Waals surface area contributed by atoms with Gasteiger partial charge in [-0.3, -0.25) is 4.79 Å². The minimum absolute atomic E-state index is 0.0599. The number of sulfonamides is 1. The van der Waals surface area contributed by atoms with E-state index in [0.29, 0.717) is 60.4 Å². The van der Waals surface area contributed by atoms with Crippen molar-refractivity contribution in [3.63, 3.8) is 0 Å². The summed E-state index contributed by atoms with van der Waals surface area (Å²) >= 11 is 2.01. The van der Waals surface area contributed by atoms with E-state index in [0.717, 1.165) is 6.08 Å². The molecular weight excluding hydrogens is 605 g/mol. The van der Waals surface area contributed by atoms with Crippen molar-refractivity contribution >= 4 is 61.9 Å². The molecule has 0 bridgehead atoms. The molecule has 11 nitrogen and oxygen atoms in total. The predicted molar refractivity (Wildman–Crippen MR) is 139 cm³/mol. The SMILES string of the molecule is O=C(COC(=O)C=Cc1ccc(I)o1)Nc1cc(S(=O)(=O)N2CCOCC2)ccc1N1CCOCC1. The molecule has 2 saturated heterocycles. The van der Waals surface area contributed by atoms with Gasteiger partial charge in [0.15, 0.2) is 10.4 Å². The minimum atomic E-state index is -3.77. The van der Waals surface area contributed by atoms with Crippen LogP contribution in [-0.2, 0) is 33.8 Å². The number of halogens is 1. The van der Waals surface area contributed by atoms with E-state index in [2.05, 4.69) is 5.32 Å². The van der Waals surface area contributed by atoms with Crippen molar-refractivity contribution in [2.45, 2.75) is 4.90 Å². The summed E-state index contributed by atoms with van der Waals surface area (Å²) in [6.07, 6.45) is 2.61.